The number of aliphatic hydroxyl groups is 1. The molecule has 1 heterocycles. The van der Waals surface area contributed by atoms with Gasteiger partial charge in [0.15, 0.2) is 18.5 Å². The maximum absolute atomic E-state index is 12.6. The van der Waals surface area contributed by atoms with Gasteiger partial charge in [-0.1, -0.05) is 0 Å². The molecule has 0 aromatic carbocycles. The highest BCUT2D eigenvalue weighted by Crippen LogP contribution is 2.27. The molecule has 13 heteroatoms. The third kappa shape index (κ3) is 6.67. The van der Waals surface area contributed by atoms with Gasteiger partial charge in [0, 0.05) is 20.8 Å². The molecule has 2 N–H and O–H groups in total. The lowest BCUT2D eigenvalue weighted by molar-refractivity contribution is -0.272. The van der Waals surface area contributed by atoms with E-state index in [4.69, 9.17) is 14.2 Å². The van der Waals surface area contributed by atoms with E-state index in [1.165, 1.54) is 5.32 Å². The lowest BCUT2D eigenvalue weighted by Crippen LogP contribution is -2.67. The molecule has 1 fully saturated rings. The molecular weight excluding hydrogens is 383 g/mol. The lowest BCUT2D eigenvalue weighted by Gasteiger charge is -2.43. The molecule has 0 radical (unpaired) electrons. The molecule has 1 aliphatic heterocycles. The molecule has 10 nitrogen and oxygen atoms in total. The number of alkyl halides is 3. The van der Waals surface area contributed by atoms with Crippen LogP contribution in [0.15, 0.2) is 0 Å². The monoisotopic (exact) mass is 401 g/mol. The molecule has 0 spiro atoms. The highest BCUT2D eigenvalue weighted by molar-refractivity contribution is 5.82. The maximum Gasteiger partial charge on any atom is 0.471 e. The Morgan fingerprint density at radius 2 is 1.52 bits per heavy atom. The summed E-state index contributed by atoms with van der Waals surface area (Å²) >= 11 is 0. The number of amides is 1. The smallest absolute Gasteiger partial charge is 0.463 e. The quantitative estimate of drug-likeness (QED) is 0.447. The van der Waals surface area contributed by atoms with Crippen LogP contribution in [0.3, 0.4) is 0 Å². The van der Waals surface area contributed by atoms with Crippen molar-refractivity contribution in [2.75, 3.05) is 6.61 Å². The number of ether oxygens (including phenoxy) is 4. The van der Waals surface area contributed by atoms with Crippen LogP contribution in [-0.2, 0) is 38.1 Å². The minimum absolute atomic E-state index is 0.616. The molecule has 0 aromatic rings. The van der Waals surface area contributed by atoms with Gasteiger partial charge < -0.3 is 29.4 Å². The first kappa shape index (κ1) is 22.6. The predicted octanol–water partition coefficient (Wildman–Crippen LogP) is -0.823. The minimum atomic E-state index is -5.31. The maximum atomic E-state index is 12.6. The van der Waals surface area contributed by atoms with Crippen molar-refractivity contribution in [1.82, 2.24) is 5.32 Å². The van der Waals surface area contributed by atoms with Gasteiger partial charge in [-0.15, -0.1) is 0 Å². The van der Waals surface area contributed by atoms with Crippen LogP contribution in [0, 0.1) is 0 Å². The van der Waals surface area contributed by atoms with E-state index in [0.717, 1.165) is 20.8 Å². The fraction of sp³-hybridized carbons (Fsp3) is 0.714. The summed E-state index contributed by atoms with van der Waals surface area (Å²) in [5.74, 6) is -5.19. The summed E-state index contributed by atoms with van der Waals surface area (Å²) in [6, 6.07) is -1.84. The van der Waals surface area contributed by atoms with Crippen LogP contribution in [0.4, 0.5) is 13.2 Å². The fourth-order valence-electron chi connectivity index (χ4n) is 2.32. The SMILES string of the molecule is CC(=O)OC[C@@H]1O[C@@H](O)[C@@H](OC(C)=O)[C@@H](NC(=O)C(F)(F)F)[C@H]1OC(C)=O. The molecule has 154 valence electrons. The van der Waals surface area contributed by atoms with Crippen molar-refractivity contribution in [3.8, 4) is 0 Å². The Bertz CT molecular complexity index is 595. The Hall–Kier alpha value is -2.41. The summed E-state index contributed by atoms with van der Waals surface area (Å²) in [5, 5.41) is 11.5. The summed E-state index contributed by atoms with van der Waals surface area (Å²) in [6.07, 6.45) is -12.2. The molecule has 0 unspecified atom stereocenters. The van der Waals surface area contributed by atoms with E-state index in [9.17, 15) is 37.5 Å². The topological polar surface area (TPSA) is 137 Å². The van der Waals surface area contributed by atoms with E-state index in [2.05, 4.69) is 4.74 Å². The van der Waals surface area contributed by atoms with Crippen molar-refractivity contribution in [1.29, 1.82) is 0 Å². The van der Waals surface area contributed by atoms with Crippen LogP contribution in [-0.4, -0.2) is 72.3 Å². The second-order valence-corrected chi connectivity index (χ2v) is 5.51. The molecule has 0 bridgehead atoms. The first-order chi connectivity index (χ1) is 12.3. The number of rotatable bonds is 5. The van der Waals surface area contributed by atoms with Crippen LogP contribution in [0.2, 0.25) is 0 Å². The molecular formula is C14H18F3NO9. The summed E-state index contributed by atoms with van der Waals surface area (Å²) in [5.41, 5.74) is 0. The number of hydrogen-bond acceptors (Lipinski definition) is 9. The first-order valence-electron chi connectivity index (χ1n) is 7.52. The molecule has 0 aliphatic carbocycles. The largest absolute Gasteiger partial charge is 0.471 e. The van der Waals surface area contributed by atoms with E-state index < -0.39 is 67.2 Å². The number of hydrogen-bond donors (Lipinski definition) is 2. The third-order valence-corrected chi connectivity index (χ3v) is 3.28. The number of nitrogens with one attached hydrogen (secondary N) is 1. The zero-order valence-electron chi connectivity index (χ0n) is 14.4. The minimum Gasteiger partial charge on any atom is -0.463 e. The molecule has 1 amide bonds. The van der Waals surface area contributed by atoms with E-state index in [1.807, 2.05) is 0 Å². The van der Waals surface area contributed by atoms with Gasteiger partial charge in [-0.3, -0.25) is 19.2 Å². The van der Waals surface area contributed by atoms with Gasteiger partial charge >= 0.3 is 30.0 Å². The predicted molar refractivity (Wildman–Crippen MR) is 76.6 cm³/mol. The van der Waals surface area contributed by atoms with Crippen molar-refractivity contribution in [3.63, 3.8) is 0 Å². The molecule has 1 rings (SSSR count). The molecule has 0 saturated carbocycles. The van der Waals surface area contributed by atoms with Crippen molar-refractivity contribution < 1.29 is 56.4 Å². The Balaban J connectivity index is 3.23. The highest BCUT2D eigenvalue weighted by atomic mass is 19.4. The average Bonchev–Trinajstić information content (AvgIpc) is 2.49. The first-order valence-corrected chi connectivity index (χ1v) is 7.52. The Labute approximate surface area is 150 Å². The van der Waals surface area contributed by atoms with E-state index in [-0.39, 0.29) is 0 Å². The lowest BCUT2D eigenvalue weighted by atomic mass is 9.95. The van der Waals surface area contributed by atoms with Gasteiger partial charge in [0.2, 0.25) is 0 Å². The number of carbonyl (C=O) groups excluding carboxylic acids is 4. The van der Waals surface area contributed by atoms with Crippen LogP contribution < -0.4 is 5.32 Å². The molecule has 27 heavy (non-hydrogen) atoms. The van der Waals surface area contributed by atoms with Crippen LogP contribution in [0.5, 0.6) is 0 Å². The second-order valence-electron chi connectivity index (χ2n) is 5.51. The summed E-state index contributed by atoms with van der Waals surface area (Å²) in [7, 11) is 0. The molecule has 5 atom stereocenters. The van der Waals surface area contributed by atoms with Crippen LogP contribution >= 0.6 is 0 Å². The highest BCUT2D eigenvalue weighted by Gasteiger charge is 2.52. The van der Waals surface area contributed by atoms with Crippen molar-refractivity contribution in [2.24, 2.45) is 0 Å². The van der Waals surface area contributed by atoms with Crippen molar-refractivity contribution in [2.45, 2.75) is 57.6 Å². The molecule has 0 aromatic heterocycles. The fourth-order valence-corrected chi connectivity index (χ4v) is 2.32. The second kappa shape index (κ2) is 8.99. The van der Waals surface area contributed by atoms with Gasteiger partial charge in [-0.25, -0.2) is 0 Å². The Morgan fingerprint density at radius 1 is 1.00 bits per heavy atom. The Morgan fingerprint density at radius 3 is 1.96 bits per heavy atom. The van der Waals surface area contributed by atoms with Gasteiger partial charge in [-0.05, 0) is 0 Å². The van der Waals surface area contributed by atoms with Crippen molar-refractivity contribution >= 4 is 23.8 Å². The average molecular weight is 401 g/mol. The van der Waals surface area contributed by atoms with Crippen LogP contribution in [0.1, 0.15) is 20.8 Å². The van der Waals surface area contributed by atoms with Crippen molar-refractivity contribution in [3.05, 3.63) is 0 Å². The summed E-state index contributed by atoms with van der Waals surface area (Å²) in [6.45, 7) is 2.25. The molecule has 1 saturated heterocycles. The number of aliphatic hydroxyl groups excluding tert-OH is 1. The normalized spacial score (nSPS) is 28.0. The summed E-state index contributed by atoms with van der Waals surface area (Å²) < 4.78 is 57.2. The van der Waals surface area contributed by atoms with E-state index >= 15 is 0 Å². The van der Waals surface area contributed by atoms with Gasteiger partial charge in [-0.2, -0.15) is 13.2 Å². The molecule has 1 aliphatic rings. The van der Waals surface area contributed by atoms with Gasteiger partial charge in [0.25, 0.3) is 0 Å². The number of carbonyl (C=O) groups is 4. The zero-order chi connectivity index (χ0) is 20.9. The zero-order valence-corrected chi connectivity index (χ0v) is 14.4. The summed E-state index contributed by atoms with van der Waals surface area (Å²) in [4.78, 5) is 44.9. The van der Waals surface area contributed by atoms with Gasteiger partial charge in [0.1, 0.15) is 18.8 Å². The number of halogens is 3. The number of esters is 3. The van der Waals surface area contributed by atoms with Gasteiger partial charge in [0.05, 0.1) is 0 Å². The third-order valence-electron chi connectivity index (χ3n) is 3.28. The van der Waals surface area contributed by atoms with E-state index in [1.54, 1.807) is 0 Å². The Kier molecular flexibility index (Phi) is 7.54. The van der Waals surface area contributed by atoms with E-state index in [0.29, 0.717) is 0 Å². The standard InChI is InChI=1S/C14H18F3NO9/c1-5(19)24-4-8-10(25-6(2)20)9(18-13(23)14(15,16)17)11(12(22)27-8)26-7(3)21/h8-12,22H,4H2,1-3H3,(H,18,23)/t8-,9-,10-,11-,12+/m0/s1. The van der Waals surface area contributed by atoms with Crippen LogP contribution in [0.25, 0.3) is 0 Å².